The summed E-state index contributed by atoms with van der Waals surface area (Å²) in [6.45, 7) is 3.24. The van der Waals surface area contributed by atoms with E-state index >= 15 is 0 Å². The number of ether oxygens (including phenoxy) is 1. The molecule has 1 saturated carbocycles. The summed E-state index contributed by atoms with van der Waals surface area (Å²) in [5.74, 6) is -3.22. The van der Waals surface area contributed by atoms with Crippen molar-refractivity contribution in [2.24, 2.45) is 17.8 Å². The molecule has 0 spiro atoms. The highest BCUT2D eigenvalue weighted by Gasteiger charge is 2.49. The van der Waals surface area contributed by atoms with E-state index in [1.807, 2.05) is 0 Å². The molecule has 0 aromatic heterocycles. The van der Waals surface area contributed by atoms with Crippen LogP contribution in [0.25, 0.3) is 0 Å². The second kappa shape index (κ2) is 20.8. The van der Waals surface area contributed by atoms with E-state index in [4.69, 9.17) is 4.74 Å². The van der Waals surface area contributed by atoms with Gasteiger partial charge in [0.25, 0.3) is 0 Å². The van der Waals surface area contributed by atoms with Gasteiger partial charge < -0.3 is 35.8 Å². The Hall–Kier alpha value is -3.80. The number of carbonyl (C=O) groups is 6. The second-order valence-corrected chi connectivity index (χ2v) is 13.5. The third-order valence-electron chi connectivity index (χ3n) is 9.82. The topological polar surface area (TPSA) is 230 Å². The number of allylic oxidation sites excluding steroid dienone is 2. The van der Waals surface area contributed by atoms with Gasteiger partial charge in [-0.05, 0) is 56.8 Å². The fraction of sp³-hybridized carbons (Fsp3) is 0.758. The first-order valence-electron chi connectivity index (χ1n) is 17.4. The Balaban J connectivity index is 1.48. The quantitative estimate of drug-likeness (QED) is 0.0909. The Morgan fingerprint density at radius 3 is 1.78 bits per heavy atom. The van der Waals surface area contributed by atoms with E-state index in [9.17, 15) is 49.2 Å². The maximum absolute atomic E-state index is 12.6. The van der Waals surface area contributed by atoms with Crippen molar-refractivity contribution in [3.8, 4) is 0 Å². The van der Waals surface area contributed by atoms with Crippen LogP contribution in [0.1, 0.15) is 45.4 Å². The SMILES string of the molecule is C/C1=C/CC[C@H]2[C@@H](CC1)[C@H]2COC(=O)NCCNC(=O)CCC(C(=O)O)N1CCN(CC(=O)O)CCN(CC(=O)O)CCN(CC(=O)O)CC1. The van der Waals surface area contributed by atoms with Gasteiger partial charge in [-0.25, -0.2) is 4.79 Å². The van der Waals surface area contributed by atoms with Crippen LogP contribution in [-0.4, -0.2) is 174 Å². The lowest BCUT2D eigenvalue weighted by atomic mass is 10.0. The molecule has 0 radical (unpaired) electrons. The highest BCUT2D eigenvalue weighted by molar-refractivity contribution is 5.78. The van der Waals surface area contributed by atoms with Gasteiger partial charge in [-0.15, -0.1) is 0 Å². The van der Waals surface area contributed by atoms with Gasteiger partial charge in [-0.3, -0.25) is 43.6 Å². The zero-order valence-electron chi connectivity index (χ0n) is 29.0. The molecule has 3 rings (SSSR count). The van der Waals surface area contributed by atoms with Gasteiger partial charge in [-0.2, -0.15) is 0 Å². The number of alkyl carbamates (subject to hydrolysis) is 1. The van der Waals surface area contributed by atoms with Crippen molar-refractivity contribution < 1.29 is 53.9 Å². The van der Waals surface area contributed by atoms with Crippen molar-refractivity contribution in [1.29, 1.82) is 0 Å². The maximum Gasteiger partial charge on any atom is 0.407 e. The molecule has 2 fully saturated rings. The molecular weight excluding hydrogens is 656 g/mol. The number of hydrogen-bond donors (Lipinski definition) is 6. The molecule has 1 unspecified atom stereocenters. The number of rotatable bonds is 16. The smallest absolute Gasteiger partial charge is 0.407 e. The van der Waals surface area contributed by atoms with E-state index in [1.54, 1.807) is 19.6 Å². The Bertz CT molecular complexity index is 1180. The standard InChI is InChI=1S/C33H54N6O11/c1-23-3-2-4-24-25(6-5-23)26(24)22-50-33(49)35-10-9-34-28(40)8-7-27(32(47)48)39-17-15-37(20-30(43)44)13-11-36(19-29(41)42)12-14-38(16-18-39)21-31(45)46/h3,24-27H,2,4-22H2,1H3,(H,34,40)(H,35,49)(H,41,42)(H,43,44)(H,45,46)(H,47,48)/b23-3-/t24-,25+,26-,27?/m0/s1. The average Bonchev–Trinajstić information content (AvgIpc) is 3.69. The number of fused-ring (bicyclic) bond motifs is 1. The summed E-state index contributed by atoms with van der Waals surface area (Å²) in [4.78, 5) is 78.2. The Labute approximate surface area is 292 Å². The van der Waals surface area contributed by atoms with Crippen LogP contribution in [0.4, 0.5) is 4.79 Å². The van der Waals surface area contributed by atoms with Crippen molar-refractivity contribution in [2.75, 3.05) is 91.7 Å². The summed E-state index contributed by atoms with van der Waals surface area (Å²) >= 11 is 0. The van der Waals surface area contributed by atoms with E-state index in [2.05, 4.69) is 23.6 Å². The maximum atomic E-state index is 12.6. The van der Waals surface area contributed by atoms with Crippen LogP contribution in [0.5, 0.6) is 0 Å². The van der Waals surface area contributed by atoms with Crippen molar-refractivity contribution in [1.82, 2.24) is 30.2 Å². The number of nitrogens with zero attached hydrogens (tertiary/aromatic N) is 4. The summed E-state index contributed by atoms with van der Waals surface area (Å²) < 4.78 is 5.43. The summed E-state index contributed by atoms with van der Waals surface area (Å²) in [7, 11) is 0. The minimum atomic E-state index is -1.18. The molecule has 0 bridgehead atoms. The monoisotopic (exact) mass is 710 g/mol. The Kier molecular flexibility index (Phi) is 16.9. The molecule has 0 aromatic rings. The first-order chi connectivity index (χ1) is 23.8. The fourth-order valence-corrected chi connectivity index (χ4v) is 6.97. The van der Waals surface area contributed by atoms with E-state index in [-0.39, 0.29) is 97.9 Å². The Morgan fingerprint density at radius 2 is 1.26 bits per heavy atom. The van der Waals surface area contributed by atoms with E-state index in [0.29, 0.717) is 24.4 Å². The number of hydrogen-bond acceptors (Lipinski definition) is 11. The van der Waals surface area contributed by atoms with Crippen molar-refractivity contribution in [3.05, 3.63) is 11.6 Å². The number of nitrogens with one attached hydrogen (secondary N) is 2. The van der Waals surface area contributed by atoms with Crippen LogP contribution in [0, 0.1) is 17.8 Å². The third-order valence-corrected chi connectivity index (χ3v) is 9.82. The van der Waals surface area contributed by atoms with Crippen LogP contribution in [-0.2, 0) is 28.7 Å². The summed E-state index contributed by atoms with van der Waals surface area (Å²) in [5, 5.41) is 43.6. The molecule has 3 aliphatic rings. The molecule has 6 N–H and O–H groups in total. The van der Waals surface area contributed by atoms with Gasteiger partial charge in [0.2, 0.25) is 5.91 Å². The zero-order valence-corrected chi connectivity index (χ0v) is 29.0. The van der Waals surface area contributed by atoms with Crippen molar-refractivity contribution in [2.45, 2.75) is 51.5 Å². The highest BCUT2D eigenvalue weighted by atomic mass is 16.5. The predicted molar refractivity (Wildman–Crippen MR) is 180 cm³/mol. The molecular formula is C33H54N6O11. The lowest BCUT2D eigenvalue weighted by Gasteiger charge is -2.35. The summed E-state index contributed by atoms with van der Waals surface area (Å²) in [5.41, 5.74) is 1.42. The zero-order chi connectivity index (χ0) is 36.6. The van der Waals surface area contributed by atoms with E-state index in [1.165, 1.54) is 5.57 Å². The molecule has 1 saturated heterocycles. The first-order valence-corrected chi connectivity index (χ1v) is 17.4. The van der Waals surface area contributed by atoms with Gasteiger partial charge in [-0.1, -0.05) is 11.6 Å². The van der Waals surface area contributed by atoms with Gasteiger partial charge in [0.05, 0.1) is 26.2 Å². The second-order valence-electron chi connectivity index (χ2n) is 13.5. The number of carbonyl (C=O) groups excluding carboxylic acids is 2. The predicted octanol–water partition coefficient (Wildman–Crippen LogP) is -0.0799. The first kappa shape index (κ1) is 40.6. The average molecular weight is 711 g/mol. The number of aliphatic carboxylic acids is 4. The van der Waals surface area contributed by atoms with Gasteiger partial charge in [0.1, 0.15) is 6.04 Å². The largest absolute Gasteiger partial charge is 0.480 e. The molecule has 0 aromatic carbocycles. The van der Waals surface area contributed by atoms with E-state index in [0.717, 1.165) is 25.7 Å². The highest BCUT2D eigenvalue weighted by Crippen LogP contribution is 2.53. The van der Waals surface area contributed by atoms with Crippen LogP contribution in [0.2, 0.25) is 0 Å². The molecule has 2 aliphatic carbocycles. The summed E-state index contributed by atoms with van der Waals surface area (Å²) in [6.07, 6.45) is 5.96. The van der Waals surface area contributed by atoms with Crippen molar-refractivity contribution in [3.63, 3.8) is 0 Å². The number of carboxylic acids is 4. The molecule has 50 heavy (non-hydrogen) atoms. The van der Waals surface area contributed by atoms with Crippen LogP contribution in [0.3, 0.4) is 0 Å². The molecule has 2 amide bonds. The molecule has 1 aliphatic heterocycles. The summed E-state index contributed by atoms with van der Waals surface area (Å²) in [6, 6.07) is -1.11. The fourth-order valence-electron chi connectivity index (χ4n) is 6.97. The van der Waals surface area contributed by atoms with Crippen LogP contribution in [0.15, 0.2) is 11.6 Å². The number of carboxylic acid groups (broad SMARTS) is 4. The molecule has 282 valence electrons. The minimum Gasteiger partial charge on any atom is -0.480 e. The lowest BCUT2D eigenvalue weighted by Crippen LogP contribution is -2.52. The minimum absolute atomic E-state index is 0.0559. The number of amides is 2. The van der Waals surface area contributed by atoms with Gasteiger partial charge in [0.15, 0.2) is 0 Å². The normalized spacial score (nSPS) is 24.7. The molecule has 17 nitrogen and oxygen atoms in total. The molecule has 17 heteroatoms. The lowest BCUT2D eigenvalue weighted by molar-refractivity contribution is -0.145. The third kappa shape index (κ3) is 15.0. The van der Waals surface area contributed by atoms with Crippen LogP contribution < -0.4 is 10.6 Å². The van der Waals surface area contributed by atoms with Gasteiger partial charge >= 0.3 is 30.0 Å². The van der Waals surface area contributed by atoms with Crippen LogP contribution >= 0.6 is 0 Å². The van der Waals surface area contributed by atoms with Crippen molar-refractivity contribution >= 4 is 35.9 Å². The Morgan fingerprint density at radius 1 is 0.760 bits per heavy atom. The van der Waals surface area contributed by atoms with E-state index < -0.39 is 41.9 Å². The molecule has 4 atom stereocenters. The van der Waals surface area contributed by atoms with Gasteiger partial charge in [0, 0.05) is 71.9 Å². The molecule has 1 heterocycles.